The number of fused-ring (bicyclic) bond motifs is 1. The molecule has 1 aromatic carbocycles. The summed E-state index contributed by atoms with van der Waals surface area (Å²) in [4.78, 5) is 41.3. The summed E-state index contributed by atoms with van der Waals surface area (Å²) in [6.07, 6.45) is 0. The second-order valence-corrected chi connectivity index (χ2v) is 7.87. The lowest BCUT2D eigenvalue weighted by atomic mass is 10.2. The Morgan fingerprint density at radius 2 is 1.77 bits per heavy atom. The van der Waals surface area contributed by atoms with Crippen LogP contribution in [0.3, 0.4) is 0 Å². The number of nitrogens with one attached hydrogen (secondary N) is 2. The summed E-state index contributed by atoms with van der Waals surface area (Å²) >= 11 is 1.16. The molecule has 1 heterocycles. The Bertz CT molecular complexity index is 876. The molecule has 2 N–H and O–H groups in total. The first-order chi connectivity index (χ1) is 12.2. The van der Waals surface area contributed by atoms with Crippen molar-refractivity contribution in [3.8, 4) is 0 Å². The van der Waals surface area contributed by atoms with Crippen molar-refractivity contribution in [2.75, 3.05) is 0 Å². The zero-order chi connectivity index (χ0) is 19.4. The first kappa shape index (κ1) is 20.0. The highest BCUT2D eigenvalue weighted by Crippen LogP contribution is 2.24. The highest BCUT2D eigenvalue weighted by atomic mass is 32.2. The molecule has 0 bridgehead atoms. The minimum absolute atomic E-state index is 0.0703. The van der Waals surface area contributed by atoms with Crippen LogP contribution in [0.1, 0.15) is 40.7 Å². The van der Waals surface area contributed by atoms with Crippen LogP contribution >= 0.6 is 11.8 Å². The molecule has 0 spiro atoms. The number of aromatic nitrogens is 2. The number of nitrogens with zero attached hydrogens (tertiary/aromatic N) is 2. The van der Waals surface area contributed by atoms with Gasteiger partial charge in [-0.15, -0.1) is 0 Å². The summed E-state index contributed by atoms with van der Waals surface area (Å²) in [7, 11) is 0. The summed E-state index contributed by atoms with van der Waals surface area (Å²) in [6, 6.07) is 6.41. The Morgan fingerprint density at radius 3 is 2.38 bits per heavy atom. The van der Waals surface area contributed by atoms with Gasteiger partial charge in [-0.05, 0) is 46.8 Å². The van der Waals surface area contributed by atoms with Gasteiger partial charge in [0.2, 0.25) is 5.91 Å². The summed E-state index contributed by atoms with van der Waals surface area (Å²) in [5, 5.41) is 5.31. The largest absolute Gasteiger partial charge is 0.336 e. The molecule has 0 aliphatic carbocycles. The molecule has 1 atom stereocenters. The highest BCUT2D eigenvalue weighted by molar-refractivity contribution is 8.00. The smallest absolute Gasteiger partial charge is 0.321 e. The predicted molar refractivity (Wildman–Crippen MR) is 104 cm³/mol. The van der Waals surface area contributed by atoms with Gasteiger partial charge in [-0.2, -0.15) is 0 Å². The maximum atomic E-state index is 12.8. The van der Waals surface area contributed by atoms with Gasteiger partial charge in [-0.1, -0.05) is 23.9 Å². The molecule has 1 aromatic heterocycles. The highest BCUT2D eigenvalue weighted by Gasteiger charge is 2.22. The maximum absolute atomic E-state index is 12.8. The van der Waals surface area contributed by atoms with Crippen LogP contribution in [-0.4, -0.2) is 32.8 Å². The van der Waals surface area contributed by atoms with Gasteiger partial charge in [0.05, 0.1) is 16.2 Å². The minimum Gasteiger partial charge on any atom is -0.336 e. The van der Waals surface area contributed by atoms with E-state index in [1.54, 1.807) is 29.7 Å². The second-order valence-electron chi connectivity index (χ2n) is 6.56. The molecular weight excluding hydrogens is 352 g/mol. The molecule has 8 heteroatoms. The van der Waals surface area contributed by atoms with E-state index in [0.29, 0.717) is 16.1 Å². The molecule has 0 saturated heterocycles. The first-order valence-electron chi connectivity index (χ1n) is 8.50. The molecule has 7 nitrogen and oxygen atoms in total. The number of amides is 3. The average Bonchev–Trinajstić information content (AvgIpc) is 2.53. The van der Waals surface area contributed by atoms with E-state index in [-0.39, 0.29) is 17.6 Å². The number of benzene rings is 1. The van der Waals surface area contributed by atoms with Crippen LogP contribution in [0.5, 0.6) is 0 Å². The number of hydrogen-bond acceptors (Lipinski definition) is 5. The Hall–Kier alpha value is -2.35. The average molecular weight is 376 g/mol. The van der Waals surface area contributed by atoms with Gasteiger partial charge < -0.3 is 5.32 Å². The van der Waals surface area contributed by atoms with Gasteiger partial charge in [-0.25, -0.2) is 9.78 Å². The van der Waals surface area contributed by atoms with E-state index in [1.165, 1.54) is 0 Å². The number of para-hydroxylation sites is 1. The molecule has 0 fully saturated rings. The molecule has 140 valence electrons. The van der Waals surface area contributed by atoms with E-state index >= 15 is 0 Å². The van der Waals surface area contributed by atoms with Crippen LogP contribution in [-0.2, 0) is 4.79 Å². The van der Waals surface area contributed by atoms with Crippen molar-refractivity contribution in [3.05, 3.63) is 34.6 Å². The number of carbonyl (C=O) groups excluding carboxylic acids is 2. The van der Waals surface area contributed by atoms with Crippen LogP contribution in [0.2, 0.25) is 0 Å². The fraction of sp³-hybridized carbons (Fsp3) is 0.444. The molecule has 0 aliphatic heterocycles. The lowest BCUT2D eigenvalue weighted by Crippen LogP contribution is -2.45. The van der Waals surface area contributed by atoms with E-state index in [4.69, 9.17) is 0 Å². The maximum Gasteiger partial charge on any atom is 0.321 e. The van der Waals surface area contributed by atoms with E-state index in [9.17, 15) is 14.4 Å². The van der Waals surface area contributed by atoms with E-state index in [0.717, 1.165) is 11.8 Å². The first-order valence-corrected chi connectivity index (χ1v) is 9.38. The molecule has 0 unspecified atom stereocenters. The Labute approximate surface area is 156 Å². The van der Waals surface area contributed by atoms with Crippen LogP contribution < -0.4 is 16.2 Å². The Morgan fingerprint density at radius 1 is 1.12 bits per heavy atom. The molecule has 0 aliphatic rings. The zero-order valence-electron chi connectivity index (χ0n) is 15.6. The molecule has 0 saturated carbocycles. The lowest BCUT2D eigenvalue weighted by molar-refractivity contribution is -0.119. The standard InChI is InChI=1S/C18H24N4O3S/c1-10(2)19-17(25)21-15(23)12(5)26-18-20-14-9-7-6-8-13(14)16(24)22(18)11(3)4/h6-12H,1-5H3,(H2,19,21,23,25)/t12-/m0/s1. The van der Waals surface area contributed by atoms with Crippen molar-refractivity contribution < 1.29 is 9.59 Å². The van der Waals surface area contributed by atoms with Gasteiger partial charge >= 0.3 is 6.03 Å². The molecule has 2 rings (SSSR count). The van der Waals surface area contributed by atoms with Crippen LogP contribution in [0.15, 0.2) is 34.2 Å². The van der Waals surface area contributed by atoms with Gasteiger partial charge in [0, 0.05) is 12.1 Å². The molecule has 2 aromatic rings. The summed E-state index contributed by atoms with van der Waals surface area (Å²) < 4.78 is 1.57. The summed E-state index contributed by atoms with van der Waals surface area (Å²) in [5.41, 5.74) is 0.445. The van der Waals surface area contributed by atoms with E-state index < -0.39 is 17.2 Å². The van der Waals surface area contributed by atoms with Gasteiger partial charge in [0.15, 0.2) is 5.16 Å². The minimum atomic E-state index is -0.592. The van der Waals surface area contributed by atoms with Gasteiger partial charge in [0.25, 0.3) is 5.56 Å². The Kier molecular flexibility index (Phi) is 6.42. The third-order valence-electron chi connectivity index (χ3n) is 3.60. The SMILES string of the molecule is CC(C)NC(=O)NC(=O)[C@H](C)Sc1nc2ccccc2c(=O)n1C(C)C. The number of thioether (sulfide) groups is 1. The number of urea groups is 1. The quantitative estimate of drug-likeness (QED) is 0.618. The fourth-order valence-corrected chi connectivity index (χ4v) is 3.43. The molecule has 0 radical (unpaired) electrons. The summed E-state index contributed by atoms with van der Waals surface area (Å²) in [5.74, 6) is -0.439. The van der Waals surface area contributed by atoms with Crippen molar-refractivity contribution in [1.82, 2.24) is 20.2 Å². The number of rotatable bonds is 5. The second kappa shape index (κ2) is 8.35. The van der Waals surface area contributed by atoms with Crippen molar-refractivity contribution in [2.45, 2.75) is 57.1 Å². The van der Waals surface area contributed by atoms with Crippen molar-refractivity contribution in [2.24, 2.45) is 0 Å². The number of hydrogen-bond donors (Lipinski definition) is 2. The predicted octanol–water partition coefficient (Wildman–Crippen LogP) is 2.69. The van der Waals surface area contributed by atoms with E-state index in [1.807, 2.05) is 33.8 Å². The third-order valence-corrected chi connectivity index (χ3v) is 4.67. The van der Waals surface area contributed by atoms with Crippen molar-refractivity contribution in [1.29, 1.82) is 0 Å². The van der Waals surface area contributed by atoms with Crippen molar-refractivity contribution >= 4 is 34.6 Å². The van der Waals surface area contributed by atoms with Gasteiger partial charge in [0.1, 0.15) is 0 Å². The lowest BCUT2D eigenvalue weighted by Gasteiger charge is -2.18. The molecular formula is C18H24N4O3S. The van der Waals surface area contributed by atoms with Crippen LogP contribution in [0.4, 0.5) is 4.79 Å². The number of imide groups is 1. The van der Waals surface area contributed by atoms with Crippen molar-refractivity contribution in [3.63, 3.8) is 0 Å². The normalized spacial score (nSPS) is 12.4. The molecule has 3 amide bonds. The van der Waals surface area contributed by atoms with Gasteiger partial charge in [-0.3, -0.25) is 19.5 Å². The monoisotopic (exact) mass is 376 g/mol. The fourth-order valence-electron chi connectivity index (χ4n) is 2.39. The zero-order valence-corrected chi connectivity index (χ0v) is 16.4. The van der Waals surface area contributed by atoms with Crippen LogP contribution in [0, 0.1) is 0 Å². The number of carbonyl (C=O) groups is 2. The Balaban J connectivity index is 2.29. The van der Waals surface area contributed by atoms with E-state index in [2.05, 4.69) is 15.6 Å². The molecule has 26 heavy (non-hydrogen) atoms. The summed E-state index contributed by atoms with van der Waals surface area (Å²) in [6.45, 7) is 9.07. The topological polar surface area (TPSA) is 93.1 Å². The van der Waals surface area contributed by atoms with Crippen LogP contribution in [0.25, 0.3) is 10.9 Å². The third kappa shape index (κ3) is 4.63.